The van der Waals surface area contributed by atoms with Crippen molar-refractivity contribution in [2.75, 3.05) is 32.5 Å². The first kappa shape index (κ1) is 27.5. The molecule has 1 unspecified atom stereocenters. The van der Waals surface area contributed by atoms with Crippen molar-refractivity contribution in [2.45, 2.75) is 32.0 Å². The number of amides is 2. The van der Waals surface area contributed by atoms with Gasteiger partial charge in [-0.2, -0.15) is 0 Å². The van der Waals surface area contributed by atoms with Gasteiger partial charge < -0.3 is 14.5 Å². The number of ether oxygens (including phenoxy) is 1. The lowest BCUT2D eigenvalue weighted by molar-refractivity contribution is -0.130. The molecule has 2 heterocycles. The Morgan fingerprint density at radius 1 is 0.950 bits per heavy atom. The molecule has 0 saturated carbocycles. The Kier molecular flexibility index (Phi) is 8.21. The van der Waals surface area contributed by atoms with Crippen molar-refractivity contribution in [1.82, 2.24) is 24.6 Å². The number of carbonyl (C=O) groups excluding carboxylic acids is 2. The van der Waals surface area contributed by atoms with Gasteiger partial charge in [0.05, 0.1) is 12.9 Å². The van der Waals surface area contributed by atoms with E-state index in [4.69, 9.17) is 4.74 Å². The number of hydrogen-bond donors (Lipinski definition) is 0. The van der Waals surface area contributed by atoms with Crippen LogP contribution in [0.25, 0.3) is 17.1 Å². The molecule has 2 amide bonds. The first-order chi connectivity index (χ1) is 19.4. The summed E-state index contributed by atoms with van der Waals surface area (Å²) in [6.45, 7) is 7.49. The molecule has 0 radical (unpaired) electrons. The summed E-state index contributed by atoms with van der Waals surface area (Å²) in [7, 11) is 1.64. The van der Waals surface area contributed by atoms with Crippen molar-refractivity contribution >= 4 is 23.6 Å². The molecule has 5 rings (SSSR count). The Bertz CT molecular complexity index is 1500. The average Bonchev–Trinajstić information content (AvgIpc) is 3.40. The highest BCUT2D eigenvalue weighted by Crippen LogP contribution is 2.29. The normalized spacial score (nSPS) is 15.2. The van der Waals surface area contributed by atoms with E-state index in [9.17, 15) is 9.59 Å². The molecule has 1 fully saturated rings. The molecule has 0 bridgehead atoms. The van der Waals surface area contributed by atoms with Gasteiger partial charge in [0.25, 0.3) is 5.91 Å². The Morgan fingerprint density at radius 2 is 1.68 bits per heavy atom. The number of aromatic nitrogens is 3. The van der Waals surface area contributed by atoms with E-state index in [0.29, 0.717) is 36.2 Å². The van der Waals surface area contributed by atoms with Crippen LogP contribution in [-0.4, -0.2) is 74.9 Å². The zero-order valence-corrected chi connectivity index (χ0v) is 24.0. The van der Waals surface area contributed by atoms with Gasteiger partial charge in [-0.3, -0.25) is 14.2 Å². The number of hydrogen-bond acceptors (Lipinski definition) is 6. The molecular formula is C31H33N5O3S. The molecule has 3 aromatic carbocycles. The van der Waals surface area contributed by atoms with Gasteiger partial charge in [0.1, 0.15) is 5.75 Å². The molecule has 206 valence electrons. The summed E-state index contributed by atoms with van der Waals surface area (Å²) in [6.07, 6.45) is 0. The summed E-state index contributed by atoms with van der Waals surface area (Å²) >= 11 is 1.37. The second-order valence-electron chi connectivity index (χ2n) is 10.00. The first-order valence-electron chi connectivity index (χ1n) is 13.3. The van der Waals surface area contributed by atoms with Gasteiger partial charge in [-0.1, -0.05) is 59.8 Å². The van der Waals surface area contributed by atoms with Crippen molar-refractivity contribution in [3.63, 3.8) is 0 Å². The zero-order chi connectivity index (χ0) is 28.2. The lowest BCUT2D eigenvalue weighted by Crippen LogP contribution is -2.55. The van der Waals surface area contributed by atoms with Gasteiger partial charge in [0.2, 0.25) is 5.91 Å². The number of benzene rings is 3. The highest BCUT2D eigenvalue weighted by molar-refractivity contribution is 7.99. The van der Waals surface area contributed by atoms with Crippen LogP contribution in [0.15, 0.2) is 78.0 Å². The molecular weight excluding hydrogens is 522 g/mol. The van der Waals surface area contributed by atoms with Gasteiger partial charge in [-0.05, 0) is 56.7 Å². The SMILES string of the molecule is COc1ccc(-n2c(SCC(=O)N3CCN(C(=O)c4ccccc4C)C(C)C3)nnc2-c2ccc(C)cc2)cc1. The summed E-state index contributed by atoms with van der Waals surface area (Å²) < 4.78 is 7.31. The smallest absolute Gasteiger partial charge is 0.254 e. The van der Waals surface area contributed by atoms with E-state index >= 15 is 0 Å². The Balaban J connectivity index is 1.30. The number of thioether (sulfide) groups is 1. The maximum absolute atomic E-state index is 13.3. The second kappa shape index (κ2) is 12.0. The van der Waals surface area contributed by atoms with Crippen LogP contribution in [-0.2, 0) is 4.79 Å². The fraction of sp³-hybridized carbons (Fsp3) is 0.290. The highest BCUT2D eigenvalue weighted by Gasteiger charge is 2.31. The Morgan fingerprint density at radius 3 is 2.35 bits per heavy atom. The van der Waals surface area contributed by atoms with Crippen LogP contribution in [0, 0.1) is 13.8 Å². The number of carbonyl (C=O) groups is 2. The van der Waals surface area contributed by atoms with E-state index in [1.807, 2.05) is 108 Å². The predicted octanol–water partition coefficient (Wildman–Crippen LogP) is 5.02. The topological polar surface area (TPSA) is 80.6 Å². The number of aryl methyl sites for hydroxylation is 2. The quantitative estimate of drug-likeness (QED) is 0.298. The third kappa shape index (κ3) is 5.74. The minimum absolute atomic E-state index is 0.0148. The summed E-state index contributed by atoms with van der Waals surface area (Å²) in [5.41, 5.74) is 4.66. The van der Waals surface area contributed by atoms with E-state index in [1.54, 1.807) is 7.11 Å². The van der Waals surface area contributed by atoms with Gasteiger partial charge in [0, 0.05) is 42.5 Å². The second-order valence-corrected chi connectivity index (χ2v) is 10.9. The molecule has 0 spiro atoms. The zero-order valence-electron chi connectivity index (χ0n) is 23.2. The van der Waals surface area contributed by atoms with Crippen molar-refractivity contribution in [2.24, 2.45) is 0 Å². The molecule has 1 aliphatic rings. The molecule has 0 aliphatic carbocycles. The molecule has 1 atom stereocenters. The molecule has 1 aliphatic heterocycles. The third-order valence-electron chi connectivity index (χ3n) is 7.22. The van der Waals surface area contributed by atoms with Gasteiger partial charge in [-0.25, -0.2) is 0 Å². The standard InChI is InChI=1S/C31H33N5O3S/c1-21-9-11-24(12-10-21)29-32-33-31(36(29)25-13-15-26(39-4)16-14-25)40-20-28(37)34-17-18-35(23(3)19-34)30(38)27-8-6-5-7-22(27)2/h5-16,23H,17-20H2,1-4H3. The Hall–Kier alpha value is -4.11. The van der Waals surface area contributed by atoms with E-state index in [-0.39, 0.29) is 23.6 Å². The van der Waals surface area contributed by atoms with Crippen LogP contribution < -0.4 is 4.74 Å². The maximum Gasteiger partial charge on any atom is 0.254 e. The van der Waals surface area contributed by atoms with Gasteiger partial charge in [0.15, 0.2) is 11.0 Å². The molecule has 40 heavy (non-hydrogen) atoms. The minimum Gasteiger partial charge on any atom is -0.497 e. The van der Waals surface area contributed by atoms with Gasteiger partial charge >= 0.3 is 0 Å². The average molecular weight is 556 g/mol. The summed E-state index contributed by atoms with van der Waals surface area (Å²) in [6, 6.07) is 23.4. The number of methoxy groups -OCH3 is 1. The van der Waals surface area contributed by atoms with E-state index in [0.717, 1.165) is 28.1 Å². The fourth-order valence-corrected chi connectivity index (χ4v) is 5.74. The Labute approximate surface area is 239 Å². The molecule has 9 heteroatoms. The van der Waals surface area contributed by atoms with Crippen molar-refractivity contribution < 1.29 is 14.3 Å². The lowest BCUT2D eigenvalue weighted by Gasteiger charge is -2.40. The van der Waals surface area contributed by atoms with Crippen molar-refractivity contribution in [1.29, 1.82) is 0 Å². The molecule has 1 aromatic heterocycles. The van der Waals surface area contributed by atoms with Crippen LogP contribution in [0.1, 0.15) is 28.4 Å². The van der Waals surface area contributed by atoms with Crippen molar-refractivity contribution in [3.8, 4) is 22.8 Å². The molecule has 4 aromatic rings. The monoisotopic (exact) mass is 555 g/mol. The van der Waals surface area contributed by atoms with Crippen LogP contribution in [0.3, 0.4) is 0 Å². The van der Waals surface area contributed by atoms with E-state index in [1.165, 1.54) is 11.8 Å². The maximum atomic E-state index is 13.3. The number of piperazine rings is 1. The van der Waals surface area contributed by atoms with E-state index in [2.05, 4.69) is 10.2 Å². The van der Waals surface area contributed by atoms with Crippen LogP contribution in [0.5, 0.6) is 5.75 Å². The van der Waals surface area contributed by atoms with Crippen LogP contribution >= 0.6 is 11.8 Å². The molecule has 1 saturated heterocycles. The van der Waals surface area contributed by atoms with E-state index < -0.39 is 0 Å². The highest BCUT2D eigenvalue weighted by atomic mass is 32.2. The van der Waals surface area contributed by atoms with Crippen molar-refractivity contribution in [3.05, 3.63) is 89.5 Å². The summed E-state index contributed by atoms with van der Waals surface area (Å²) in [5, 5.41) is 9.59. The minimum atomic E-state index is -0.0779. The first-order valence-corrected chi connectivity index (χ1v) is 14.3. The van der Waals surface area contributed by atoms with Gasteiger partial charge in [-0.15, -0.1) is 10.2 Å². The summed E-state index contributed by atoms with van der Waals surface area (Å²) in [5.74, 6) is 1.72. The number of rotatable bonds is 7. The van der Waals surface area contributed by atoms with Crippen LogP contribution in [0.4, 0.5) is 0 Å². The fourth-order valence-electron chi connectivity index (χ4n) is 4.89. The third-order valence-corrected chi connectivity index (χ3v) is 8.13. The predicted molar refractivity (Wildman–Crippen MR) is 157 cm³/mol. The lowest BCUT2D eigenvalue weighted by atomic mass is 10.1. The summed E-state index contributed by atoms with van der Waals surface area (Å²) in [4.78, 5) is 30.2. The number of nitrogens with zero attached hydrogens (tertiary/aromatic N) is 5. The van der Waals surface area contributed by atoms with Crippen LogP contribution in [0.2, 0.25) is 0 Å². The largest absolute Gasteiger partial charge is 0.497 e. The molecule has 8 nitrogen and oxygen atoms in total. The molecule has 0 N–H and O–H groups in total.